The molecule has 0 aliphatic carbocycles. The summed E-state index contributed by atoms with van der Waals surface area (Å²) in [5.41, 5.74) is 1.57. The van der Waals surface area contributed by atoms with Gasteiger partial charge in [-0.1, -0.05) is 24.3 Å². The average Bonchev–Trinajstić information content (AvgIpc) is 3.46. The van der Waals surface area contributed by atoms with Crippen molar-refractivity contribution in [3.8, 4) is 16.3 Å². The molecule has 1 fully saturated rings. The number of imide groups is 1. The van der Waals surface area contributed by atoms with Gasteiger partial charge in [0.2, 0.25) is 5.91 Å². The quantitative estimate of drug-likeness (QED) is 0.621. The van der Waals surface area contributed by atoms with Gasteiger partial charge in [-0.05, 0) is 30.0 Å². The third-order valence-corrected chi connectivity index (χ3v) is 5.29. The van der Waals surface area contributed by atoms with Crippen LogP contribution in [0.3, 0.4) is 0 Å². The molecule has 3 aromatic rings. The Bertz CT molecular complexity index is 1010. The first-order valence-electron chi connectivity index (χ1n) is 8.83. The summed E-state index contributed by atoms with van der Waals surface area (Å²) in [6, 6.07) is 14.7. The van der Waals surface area contributed by atoms with Gasteiger partial charge in [-0.15, -0.1) is 11.3 Å². The molecule has 0 saturated carbocycles. The lowest BCUT2D eigenvalue weighted by molar-refractivity contribution is -0.143. The Morgan fingerprint density at radius 3 is 2.64 bits per heavy atom. The predicted molar refractivity (Wildman–Crippen MR) is 103 cm³/mol. The van der Waals surface area contributed by atoms with Crippen molar-refractivity contribution in [1.29, 1.82) is 0 Å². The molecule has 4 rings (SSSR count). The minimum absolute atomic E-state index is 0.218. The monoisotopic (exact) mass is 395 g/mol. The molecule has 1 aliphatic rings. The number of aromatic nitrogens is 2. The highest BCUT2D eigenvalue weighted by atomic mass is 32.1. The van der Waals surface area contributed by atoms with Gasteiger partial charge >= 0.3 is 5.97 Å². The second-order valence-corrected chi connectivity index (χ2v) is 7.21. The molecule has 1 aromatic carbocycles. The van der Waals surface area contributed by atoms with Crippen LogP contribution in [0, 0.1) is 0 Å². The van der Waals surface area contributed by atoms with Crippen LogP contribution in [0.2, 0.25) is 0 Å². The molecular weight excluding hydrogens is 378 g/mol. The van der Waals surface area contributed by atoms with Gasteiger partial charge in [-0.2, -0.15) is 5.10 Å². The average molecular weight is 395 g/mol. The van der Waals surface area contributed by atoms with Crippen molar-refractivity contribution in [3.63, 3.8) is 0 Å². The maximum Gasteiger partial charge on any atom is 0.357 e. The third kappa shape index (κ3) is 3.59. The van der Waals surface area contributed by atoms with Crippen LogP contribution in [-0.4, -0.2) is 45.6 Å². The molecule has 0 bridgehead atoms. The largest absolute Gasteiger partial charge is 0.451 e. The summed E-state index contributed by atoms with van der Waals surface area (Å²) in [5.74, 6) is -1.39. The summed E-state index contributed by atoms with van der Waals surface area (Å²) in [7, 11) is 0. The van der Waals surface area contributed by atoms with Gasteiger partial charge in [0, 0.05) is 19.0 Å². The summed E-state index contributed by atoms with van der Waals surface area (Å²) < 4.78 is 6.71. The molecule has 3 heterocycles. The number of nitrogens with zero attached hydrogens (tertiary/aromatic N) is 3. The van der Waals surface area contributed by atoms with Gasteiger partial charge in [-0.3, -0.25) is 14.5 Å². The minimum atomic E-state index is -0.667. The Kier molecular flexibility index (Phi) is 5.03. The van der Waals surface area contributed by atoms with Crippen LogP contribution in [0.25, 0.3) is 16.3 Å². The molecule has 142 valence electrons. The Labute approximate surface area is 165 Å². The summed E-state index contributed by atoms with van der Waals surface area (Å²) in [6.07, 6.45) is 0.994. The van der Waals surface area contributed by atoms with Crippen LogP contribution in [0.15, 0.2) is 53.9 Å². The highest BCUT2D eigenvalue weighted by molar-refractivity contribution is 7.13. The van der Waals surface area contributed by atoms with E-state index < -0.39 is 18.5 Å². The summed E-state index contributed by atoms with van der Waals surface area (Å²) >= 11 is 1.51. The molecule has 0 unspecified atom stereocenters. The van der Waals surface area contributed by atoms with E-state index in [1.165, 1.54) is 16.0 Å². The molecule has 1 aliphatic heterocycles. The molecule has 8 heteroatoms. The smallest absolute Gasteiger partial charge is 0.357 e. The number of carbonyl (C=O) groups excluding carboxylic acids is 3. The summed E-state index contributed by atoms with van der Waals surface area (Å²) in [5, 5.41) is 6.47. The first kappa shape index (κ1) is 18.1. The molecular formula is C20H17N3O4S. The molecule has 7 nitrogen and oxygen atoms in total. The van der Waals surface area contributed by atoms with E-state index in [4.69, 9.17) is 4.74 Å². The molecule has 2 amide bonds. The number of benzene rings is 1. The first-order chi connectivity index (χ1) is 13.6. The van der Waals surface area contributed by atoms with Crippen LogP contribution in [0.1, 0.15) is 23.3 Å². The Balaban J connectivity index is 1.58. The number of hydrogen-bond acceptors (Lipinski definition) is 6. The van der Waals surface area contributed by atoms with E-state index in [0.717, 1.165) is 9.78 Å². The van der Waals surface area contributed by atoms with Crippen LogP contribution in [0.4, 0.5) is 0 Å². The number of likely N-dealkylation sites (tertiary alicyclic amines) is 1. The van der Waals surface area contributed by atoms with Crippen molar-refractivity contribution < 1.29 is 19.1 Å². The normalized spacial score (nSPS) is 13.7. The third-order valence-electron chi connectivity index (χ3n) is 4.39. The zero-order valence-electron chi connectivity index (χ0n) is 14.9. The fraction of sp³-hybridized carbons (Fsp3) is 0.200. The summed E-state index contributed by atoms with van der Waals surface area (Å²) in [6.45, 7) is -0.0986. The lowest BCUT2D eigenvalue weighted by Gasteiger charge is -2.13. The Morgan fingerprint density at radius 2 is 1.96 bits per heavy atom. The Hall–Kier alpha value is -3.26. The van der Waals surface area contributed by atoms with Crippen molar-refractivity contribution in [2.24, 2.45) is 0 Å². The predicted octanol–water partition coefficient (Wildman–Crippen LogP) is 2.91. The van der Waals surface area contributed by atoms with Gasteiger partial charge in [0.1, 0.15) is 5.69 Å². The fourth-order valence-electron chi connectivity index (χ4n) is 3.03. The Morgan fingerprint density at radius 1 is 1.14 bits per heavy atom. The van der Waals surface area contributed by atoms with Crippen LogP contribution >= 0.6 is 11.3 Å². The molecule has 1 saturated heterocycles. The van der Waals surface area contributed by atoms with E-state index in [1.54, 1.807) is 6.07 Å². The maximum atomic E-state index is 12.7. The van der Waals surface area contributed by atoms with Crippen molar-refractivity contribution in [1.82, 2.24) is 14.7 Å². The number of thiophene rings is 1. The zero-order valence-corrected chi connectivity index (χ0v) is 15.7. The topological polar surface area (TPSA) is 81.5 Å². The number of carbonyl (C=O) groups is 3. The molecule has 28 heavy (non-hydrogen) atoms. The van der Waals surface area contributed by atoms with Crippen LogP contribution < -0.4 is 0 Å². The lowest BCUT2D eigenvalue weighted by Crippen LogP contribution is -2.35. The molecule has 0 radical (unpaired) electrons. The van der Waals surface area contributed by atoms with E-state index >= 15 is 0 Å². The lowest BCUT2D eigenvalue weighted by atomic mass is 10.3. The van der Waals surface area contributed by atoms with Gasteiger partial charge < -0.3 is 4.74 Å². The molecule has 0 atom stereocenters. The van der Waals surface area contributed by atoms with Crippen LogP contribution in [-0.2, 0) is 14.3 Å². The van der Waals surface area contributed by atoms with Gasteiger partial charge in [0.15, 0.2) is 12.3 Å². The fourth-order valence-corrected chi connectivity index (χ4v) is 3.71. The standard InChI is InChI=1S/C20H17N3O4S/c24-18-9-4-10-22(18)19(25)13-27-20(26)16-12-15(17-8-5-11-28-17)21-23(16)14-6-2-1-3-7-14/h1-3,5-8,11-12H,4,9-10,13H2. The van der Waals surface area contributed by atoms with E-state index in [2.05, 4.69) is 5.10 Å². The first-order valence-corrected chi connectivity index (χ1v) is 9.71. The number of rotatable bonds is 5. The maximum absolute atomic E-state index is 12.7. The van der Waals surface area contributed by atoms with Crippen molar-refractivity contribution in [2.45, 2.75) is 12.8 Å². The number of ether oxygens (including phenoxy) is 1. The number of hydrogen-bond donors (Lipinski definition) is 0. The molecule has 0 spiro atoms. The molecule has 0 N–H and O–H groups in total. The number of para-hydroxylation sites is 1. The van der Waals surface area contributed by atoms with Gasteiger partial charge in [0.05, 0.1) is 10.6 Å². The van der Waals surface area contributed by atoms with E-state index in [-0.39, 0.29) is 11.6 Å². The molecule has 2 aromatic heterocycles. The second kappa shape index (κ2) is 7.77. The number of amides is 2. The number of esters is 1. The van der Waals surface area contributed by atoms with Crippen molar-refractivity contribution in [2.75, 3.05) is 13.2 Å². The summed E-state index contributed by atoms with van der Waals surface area (Å²) in [4.78, 5) is 38.5. The second-order valence-electron chi connectivity index (χ2n) is 6.26. The van der Waals surface area contributed by atoms with E-state index in [0.29, 0.717) is 30.8 Å². The SMILES string of the molecule is O=C(OCC(=O)N1CCCC1=O)c1cc(-c2cccs2)nn1-c1ccccc1. The van der Waals surface area contributed by atoms with Crippen molar-refractivity contribution >= 4 is 29.1 Å². The van der Waals surface area contributed by atoms with Gasteiger partial charge in [-0.25, -0.2) is 9.48 Å². The highest BCUT2D eigenvalue weighted by Crippen LogP contribution is 2.26. The van der Waals surface area contributed by atoms with E-state index in [9.17, 15) is 14.4 Å². The van der Waals surface area contributed by atoms with Crippen molar-refractivity contribution in [3.05, 3.63) is 59.6 Å². The van der Waals surface area contributed by atoms with E-state index in [1.807, 2.05) is 47.8 Å². The highest BCUT2D eigenvalue weighted by Gasteiger charge is 2.28. The van der Waals surface area contributed by atoms with Gasteiger partial charge in [0.25, 0.3) is 5.91 Å². The minimum Gasteiger partial charge on any atom is -0.451 e. The zero-order chi connectivity index (χ0) is 19.5. The van der Waals surface area contributed by atoms with Crippen LogP contribution in [0.5, 0.6) is 0 Å².